The van der Waals surface area contributed by atoms with E-state index in [1.807, 2.05) is 12.1 Å². The van der Waals surface area contributed by atoms with E-state index in [2.05, 4.69) is 4.98 Å². The summed E-state index contributed by atoms with van der Waals surface area (Å²) in [5, 5.41) is 0.773. The number of aryl methyl sites for hydroxylation is 2. The SMILES string of the molecule is O=S(=O)(c1ccc2c(c1)CCCC2)N1CCc2[nH]c3ccc(F)cc3c2C1. The van der Waals surface area contributed by atoms with Crippen molar-refractivity contribution in [2.75, 3.05) is 6.54 Å². The molecule has 0 saturated carbocycles. The summed E-state index contributed by atoms with van der Waals surface area (Å²) in [6.07, 6.45) is 4.87. The van der Waals surface area contributed by atoms with E-state index in [1.165, 1.54) is 28.4 Å². The molecular formula is C21H21FN2O2S. The van der Waals surface area contributed by atoms with Gasteiger partial charge in [-0.3, -0.25) is 0 Å². The average Bonchev–Trinajstić information content (AvgIpc) is 3.04. The number of nitrogens with one attached hydrogen (secondary N) is 1. The standard InChI is InChI=1S/C21H21FN2O2S/c22-16-6-8-20-18(12-16)19-13-24(10-9-21(19)23-20)27(25,26)17-7-5-14-3-1-2-4-15(14)11-17/h5-8,11-12,23H,1-4,9-10,13H2. The van der Waals surface area contributed by atoms with Gasteiger partial charge in [-0.15, -0.1) is 0 Å². The van der Waals surface area contributed by atoms with Crippen molar-refractivity contribution in [3.63, 3.8) is 0 Å². The van der Waals surface area contributed by atoms with Gasteiger partial charge >= 0.3 is 0 Å². The predicted octanol–water partition coefficient (Wildman–Crippen LogP) is 3.93. The van der Waals surface area contributed by atoms with Gasteiger partial charge in [0.1, 0.15) is 5.82 Å². The molecule has 1 aromatic heterocycles. The quantitative estimate of drug-likeness (QED) is 0.728. The van der Waals surface area contributed by atoms with E-state index in [0.29, 0.717) is 17.9 Å². The Kier molecular flexibility index (Phi) is 3.88. The van der Waals surface area contributed by atoms with Crippen LogP contribution in [0.4, 0.5) is 4.39 Å². The lowest BCUT2D eigenvalue weighted by Crippen LogP contribution is -2.35. The van der Waals surface area contributed by atoms with Crippen LogP contribution < -0.4 is 0 Å². The zero-order chi connectivity index (χ0) is 18.6. The number of hydrogen-bond donors (Lipinski definition) is 1. The Labute approximate surface area is 158 Å². The van der Waals surface area contributed by atoms with Crippen molar-refractivity contribution < 1.29 is 12.8 Å². The van der Waals surface area contributed by atoms with Gasteiger partial charge in [-0.2, -0.15) is 4.31 Å². The minimum Gasteiger partial charge on any atom is -0.358 e. The smallest absolute Gasteiger partial charge is 0.243 e. The predicted molar refractivity (Wildman–Crippen MR) is 103 cm³/mol. The summed E-state index contributed by atoms with van der Waals surface area (Å²) in [4.78, 5) is 3.68. The Balaban J connectivity index is 1.52. The van der Waals surface area contributed by atoms with Gasteiger partial charge in [0.15, 0.2) is 0 Å². The van der Waals surface area contributed by atoms with E-state index >= 15 is 0 Å². The normalized spacial score (nSPS) is 17.7. The maximum absolute atomic E-state index is 13.7. The molecule has 0 atom stereocenters. The summed E-state index contributed by atoms with van der Waals surface area (Å²) in [6.45, 7) is 0.708. The Bertz CT molecular complexity index is 1150. The highest BCUT2D eigenvalue weighted by Gasteiger charge is 2.31. The number of halogens is 1. The summed E-state index contributed by atoms with van der Waals surface area (Å²) in [6, 6.07) is 10.2. The first-order valence-corrected chi connectivity index (χ1v) is 10.9. The Morgan fingerprint density at radius 1 is 0.963 bits per heavy atom. The fourth-order valence-electron chi connectivity index (χ4n) is 4.39. The molecule has 3 aromatic rings. The molecule has 1 N–H and O–H groups in total. The molecule has 0 unspecified atom stereocenters. The fourth-order valence-corrected chi connectivity index (χ4v) is 5.85. The monoisotopic (exact) mass is 384 g/mol. The fraction of sp³-hybridized carbons (Fsp3) is 0.333. The number of H-pyrrole nitrogens is 1. The molecule has 2 aliphatic rings. The summed E-state index contributed by atoms with van der Waals surface area (Å²) in [7, 11) is -3.57. The van der Waals surface area contributed by atoms with Crippen LogP contribution in [0, 0.1) is 5.82 Å². The number of sulfonamides is 1. The molecule has 0 saturated heterocycles. The number of aromatic nitrogens is 1. The van der Waals surface area contributed by atoms with E-state index < -0.39 is 10.0 Å². The maximum atomic E-state index is 13.7. The number of fused-ring (bicyclic) bond motifs is 4. The molecular weight excluding hydrogens is 363 g/mol. The Morgan fingerprint density at radius 3 is 2.63 bits per heavy atom. The Hall–Kier alpha value is -2.18. The third kappa shape index (κ3) is 2.78. The van der Waals surface area contributed by atoms with Crippen LogP contribution in [0.5, 0.6) is 0 Å². The first kappa shape index (κ1) is 17.0. The number of hydrogen-bond acceptors (Lipinski definition) is 2. The van der Waals surface area contributed by atoms with E-state index in [4.69, 9.17) is 0 Å². The number of aromatic amines is 1. The topological polar surface area (TPSA) is 53.2 Å². The van der Waals surface area contributed by atoms with Gasteiger partial charge in [0.2, 0.25) is 10.0 Å². The molecule has 1 aliphatic carbocycles. The summed E-state index contributed by atoms with van der Waals surface area (Å²) < 4.78 is 41.7. The molecule has 0 amide bonds. The molecule has 2 heterocycles. The maximum Gasteiger partial charge on any atom is 0.243 e. The second kappa shape index (κ2) is 6.17. The van der Waals surface area contributed by atoms with E-state index in [-0.39, 0.29) is 12.4 Å². The van der Waals surface area contributed by atoms with E-state index in [9.17, 15) is 12.8 Å². The first-order valence-electron chi connectivity index (χ1n) is 9.43. The lowest BCUT2D eigenvalue weighted by molar-refractivity contribution is 0.391. The highest BCUT2D eigenvalue weighted by Crippen LogP contribution is 2.32. The summed E-state index contributed by atoms with van der Waals surface area (Å²) >= 11 is 0. The van der Waals surface area contributed by atoms with E-state index in [0.717, 1.165) is 47.0 Å². The summed E-state index contributed by atoms with van der Waals surface area (Å²) in [5.41, 5.74) is 5.18. The van der Waals surface area contributed by atoms with Gasteiger partial charge in [-0.05, 0) is 72.7 Å². The molecule has 0 bridgehead atoms. The number of benzene rings is 2. The molecule has 0 spiro atoms. The molecule has 2 aromatic carbocycles. The third-order valence-electron chi connectivity index (χ3n) is 5.86. The van der Waals surface area contributed by atoms with Crippen molar-refractivity contribution in [3.8, 4) is 0 Å². The average molecular weight is 384 g/mol. The molecule has 27 heavy (non-hydrogen) atoms. The Morgan fingerprint density at radius 2 is 1.78 bits per heavy atom. The van der Waals surface area contributed by atoms with Crippen molar-refractivity contribution in [2.24, 2.45) is 0 Å². The minimum atomic E-state index is -3.57. The van der Waals surface area contributed by atoms with Crippen molar-refractivity contribution in [3.05, 3.63) is 64.6 Å². The zero-order valence-electron chi connectivity index (χ0n) is 15.0. The van der Waals surface area contributed by atoms with Crippen molar-refractivity contribution >= 4 is 20.9 Å². The van der Waals surface area contributed by atoms with Crippen LogP contribution in [0.2, 0.25) is 0 Å². The first-order chi connectivity index (χ1) is 13.0. The summed E-state index contributed by atoms with van der Waals surface area (Å²) in [5.74, 6) is -0.307. The minimum absolute atomic E-state index is 0.276. The van der Waals surface area contributed by atoms with E-state index in [1.54, 1.807) is 12.1 Å². The zero-order valence-corrected chi connectivity index (χ0v) is 15.8. The molecule has 0 radical (unpaired) electrons. The molecule has 4 nitrogen and oxygen atoms in total. The van der Waals surface area contributed by atoms with Gasteiger partial charge in [0, 0.05) is 36.1 Å². The molecule has 5 rings (SSSR count). The van der Waals surface area contributed by atoms with Gasteiger partial charge < -0.3 is 4.98 Å². The highest BCUT2D eigenvalue weighted by molar-refractivity contribution is 7.89. The van der Waals surface area contributed by atoms with Crippen LogP contribution in [0.25, 0.3) is 10.9 Å². The van der Waals surface area contributed by atoms with Crippen LogP contribution in [-0.2, 0) is 35.8 Å². The molecule has 140 valence electrons. The van der Waals surface area contributed by atoms with Crippen LogP contribution in [0.15, 0.2) is 41.3 Å². The lowest BCUT2D eigenvalue weighted by atomic mass is 9.92. The van der Waals surface area contributed by atoms with Gasteiger partial charge in [0.05, 0.1) is 4.90 Å². The van der Waals surface area contributed by atoms with Gasteiger partial charge in [-0.1, -0.05) is 6.07 Å². The highest BCUT2D eigenvalue weighted by atomic mass is 32.2. The van der Waals surface area contributed by atoms with Crippen LogP contribution in [-0.4, -0.2) is 24.3 Å². The third-order valence-corrected chi connectivity index (χ3v) is 7.70. The van der Waals surface area contributed by atoms with Crippen LogP contribution in [0.1, 0.15) is 35.2 Å². The van der Waals surface area contributed by atoms with Crippen molar-refractivity contribution in [1.82, 2.24) is 9.29 Å². The lowest BCUT2D eigenvalue weighted by Gasteiger charge is -2.27. The largest absolute Gasteiger partial charge is 0.358 e. The molecule has 0 fully saturated rings. The van der Waals surface area contributed by atoms with Crippen molar-refractivity contribution in [1.29, 1.82) is 0 Å². The molecule has 1 aliphatic heterocycles. The van der Waals surface area contributed by atoms with Gasteiger partial charge in [0.25, 0.3) is 0 Å². The van der Waals surface area contributed by atoms with Crippen LogP contribution in [0.3, 0.4) is 0 Å². The second-order valence-corrected chi connectivity index (χ2v) is 9.44. The van der Waals surface area contributed by atoms with Gasteiger partial charge in [-0.25, -0.2) is 12.8 Å². The number of nitrogens with zero attached hydrogens (tertiary/aromatic N) is 1. The molecule has 6 heteroatoms. The number of rotatable bonds is 2. The second-order valence-electron chi connectivity index (χ2n) is 7.50. The van der Waals surface area contributed by atoms with Crippen molar-refractivity contribution in [2.45, 2.75) is 43.5 Å². The van der Waals surface area contributed by atoms with Crippen LogP contribution >= 0.6 is 0 Å².